The molecule has 4 nitrogen and oxygen atoms in total. The molecule has 0 spiro atoms. The van der Waals surface area contributed by atoms with Crippen molar-refractivity contribution in [2.75, 3.05) is 18.6 Å². The average Bonchev–Trinajstić information content (AvgIpc) is 2.80. The van der Waals surface area contributed by atoms with Crippen LogP contribution in [-0.4, -0.2) is 30.6 Å². The maximum atomic E-state index is 11.6. The van der Waals surface area contributed by atoms with Crippen LogP contribution in [0, 0.1) is 6.92 Å². The van der Waals surface area contributed by atoms with Gasteiger partial charge in [-0.15, -0.1) is 0 Å². The lowest BCUT2D eigenvalue weighted by atomic mass is 10.2. The summed E-state index contributed by atoms with van der Waals surface area (Å²) in [6.07, 6.45) is 1.83. The Hall–Kier alpha value is -1.10. The first-order valence-corrected chi connectivity index (χ1v) is 6.40. The summed E-state index contributed by atoms with van der Waals surface area (Å²) < 4.78 is 5.80. The van der Waals surface area contributed by atoms with Gasteiger partial charge in [0.15, 0.2) is 0 Å². The van der Waals surface area contributed by atoms with Crippen LogP contribution in [0.2, 0.25) is 0 Å². The van der Waals surface area contributed by atoms with Crippen molar-refractivity contribution in [1.82, 2.24) is 4.98 Å². The number of anilines is 1. The van der Waals surface area contributed by atoms with Gasteiger partial charge in [0, 0.05) is 11.0 Å². The van der Waals surface area contributed by atoms with Crippen LogP contribution in [0.1, 0.15) is 18.5 Å². The summed E-state index contributed by atoms with van der Waals surface area (Å²) in [4.78, 5) is 18.2. The molecule has 1 aromatic heterocycles. The quantitative estimate of drug-likeness (QED) is 0.786. The standard InChI is InChI=1S/C12H15BrN2O2/c1-8-9(13)5-6-11(14-8)15-7-3-4-10(15)12(16)17-2/h5-6,10H,3-4,7H2,1-2H3. The predicted octanol–water partition coefficient (Wildman–Crippen LogP) is 2.29. The van der Waals surface area contributed by atoms with Gasteiger partial charge in [-0.05, 0) is 47.8 Å². The first kappa shape index (κ1) is 12.4. The summed E-state index contributed by atoms with van der Waals surface area (Å²) in [6.45, 7) is 2.80. The van der Waals surface area contributed by atoms with Gasteiger partial charge < -0.3 is 9.64 Å². The molecule has 0 N–H and O–H groups in total. The van der Waals surface area contributed by atoms with Crippen LogP contribution < -0.4 is 4.90 Å². The molecule has 0 radical (unpaired) electrons. The minimum atomic E-state index is -0.187. The van der Waals surface area contributed by atoms with Crippen LogP contribution in [0.5, 0.6) is 0 Å². The zero-order chi connectivity index (χ0) is 12.4. The van der Waals surface area contributed by atoms with Crippen molar-refractivity contribution in [2.24, 2.45) is 0 Å². The molecule has 0 aliphatic carbocycles. The molecule has 0 bridgehead atoms. The van der Waals surface area contributed by atoms with Gasteiger partial charge in [0.25, 0.3) is 0 Å². The van der Waals surface area contributed by atoms with E-state index < -0.39 is 0 Å². The Balaban J connectivity index is 2.26. The third-order valence-electron chi connectivity index (χ3n) is 3.03. The number of rotatable bonds is 2. The van der Waals surface area contributed by atoms with Gasteiger partial charge in [0.2, 0.25) is 0 Å². The highest BCUT2D eigenvalue weighted by Gasteiger charge is 2.32. The Morgan fingerprint density at radius 2 is 2.35 bits per heavy atom. The maximum Gasteiger partial charge on any atom is 0.328 e. The number of methoxy groups -OCH3 is 1. The number of aromatic nitrogens is 1. The second kappa shape index (κ2) is 5.04. The fourth-order valence-electron chi connectivity index (χ4n) is 2.11. The van der Waals surface area contributed by atoms with Crippen molar-refractivity contribution in [3.05, 3.63) is 22.3 Å². The van der Waals surface area contributed by atoms with Crippen molar-refractivity contribution in [3.63, 3.8) is 0 Å². The Bertz CT molecular complexity index is 437. The molecule has 2 rings (SSSR count). The molecule has 1 atom stereocenters. The molecule has 5 heteroatoms. The highest BCUT2D eigenvalue weighted by atomic mass is 79.9. The lowest BCUT2D eigenvalue weighted by Gasteiger charge is -2.24. The summed E-state index contributed by atoms with van der Waals surface area (Å²) >= 11 is 3.42. The summed E-state index contributed by atoms with van der Waals surface area (Å²) in [5, 5.41) is 0. The van der Waals surface area contributed by atoms with Crippen molar-refractivity contribution in [3.8, 4) is 0 Å². The minimum absolute atomic E-state index is 0.176. The predicted molar refractivity (Wildman–Crippen MR) is 69.1 cm³/mol. The van der Waals surface area contributed by atoms with Gasteiger partial charge in [0.1, 0.15) is 11.9 Å². The molecule has 1 unspecified atom stereocenters. The first-order chi connectivity index (χ1) is 8.13. The zero-order valence-corrected chi connectivity index (χ0v) is 11.5. The summed E-state index contributed by atoms with van der Waals surface area (Å²) in [6, 6.07) is 3.70. The Morgan fingerprint density at radius 1 is 1.59 bits per heavy atom. The van der Waals surface area contributed by atoms with Crippen molar-refractivity contribution in [1.29, 1.82) is 0 Å². The third-order valence-corrected chi connectivity index (χ3v) is 3.87. The SMILES string of the molecule is COC(=O)C1CCCN1c1ccc(Br)c(C)n1. The molecule has 0 aromatic carbocycles. The molecule has 92 valence electrons. The van der Waals surface area contributed by atoms with Crippen molar-refractivity contribution < 1.29 is 9.53 Å². The number of nitrogens with zero attached hydrogens (tertiary/aromatic N) is 2. The number of halogens is 1. The molecular weight excluding hydrogens is 284 g/mol. The normalized spacial score (nSPS) is 19.5. The first-order valence-electron chi connectivity index (χ1n) is 5.61. The second-order valence-corrected chi connectivity index (χ2v) is 4.97. The van der Waals surface area contributed by atoms with Crippen LogP contribution in [0.3, 0.4) is 0 Å². The number of carbonyl (C=O) groups excluding carboxylic acids is 1. The van der Waals surface area contributed by atoms with E-state index in [1.54, 1.807) is 0 Å². The lowest BCUT2D eigenvalue weighted by Crippen LogP contribution is -2.37. The van der Waals surface area contributed by atoms with E-state index in [4.69, 9.17) is 4.74 Å². The molecular formula is C12H15BrN2O2. The van der Waals surface area contributed by atoms with Gasteiger partial charge in [-0.2, -0.15) is 0 Å². The van der Waals surface area contributed by atoms with Crippen molar-refractivity contribution in [2.45, 2.75) is 25.8 Å². The van der Waals surface area contributed by atoms with Crippen molar-refractivity contribution >= 4 is 27.7 Å². The fourth-order valence-corrected chi connectivity index (χ4v) is 2.33. The zero-order valence-electron chi connectivity index (χ0n) is 9.94. The van der Waals surface area contributed by atoms with Crippen LogP contribution in [0.4, 0.5) is 5.82 Å². The number of hydrogen-bond donors (Lipinski definition) is 0. The van der Waals surface area contributed by atoms with Gasteiger partial charge in [-0.1, -0.05) is 0 Å². The van der Waals surface area contributed by atoms with E-state index in [0.29, 0.717) is 0 Å². The monoisotopic (exact) mass is 298 g/mol. The van der Waals surface area contributed by atoms with E-state index >= 15 is 0 Å². The molecule has 2 heterocycles. The Kier molecular flexibility index (Phi) is 3.66. The third kappa shape index (κ3) is 2.44. The van der Waals surface area contributed by atoms with Gasteiger partial charge in [0.05, 0.1) is 12.8 Å². The van der Waals surface area contributed by atoms with E-state index in [1.807, 2.05) is 24.0 Å². The number of carbonyl (C=O) groups is 1. The highest BCUT2D eigenvalue weighted by molar-refractivity contribution is 9.10. The molecule has 17 heavy (non-hydrogen) atoms. The molecule has 1 fully saturated rings. The van der Waals surface area contributed by atoms with Crippen LogP contribution in [-0.2, 0) is 9.53 Å². The number of ether oxygens (including phenoxy) is 1. The van der Waals surface area contributed by atoms with Gasteiger partial charge in [-0.3, -0.25) is 0 Å². The van der Waals surface area contributed by atoms with E-state index in [2.05, 4.69) is 20.9 Å². The van der Waals surface area contributed by atoms with Crippen LogP contribution in [0.15, 0.2) is 16.6 Å². The topological polar surface area (TPSA) is 42.4 Å². The largest absolute Gasteiger partial charge is 0.467 e. The Morgan fingerprint density at radius 3 is 3.00 bits per heavy atom. The number of pyridine rings is 1. The van der Waals surface area contributed by atoms with Crippen LogP contribution >= 0.6 is 15.9 Å². The summed E-state index contributed by atoms with van der Waals surface area (Å²) in [5.74, 6) is 0.670. The number of hydrogen-bond acceptors (Lipinski definition) is 4. The van der Waals surface area contributed by atoms with E-state index in [-0.39, 0.29) is 12.0 Å². The molecule has 1 aromatic rings. The average molecular weight is 299 g/mol. The van der Waals surface area contributed by atoms with E-state index in [1.165, 1.54) is 7.11 Å². The smallest absolute Gasteiger partial charge is 0.328 e. The van der Waals surface area contributed by atoms with E-state index in [9.17, 15) is 4.79 Å². The van der Waals surface area contributed by atoms with E-state index in [0.717, 1.165) is 35.4 Å². The van der Waals surface area contributed by atoms with Crippen LogP contribution in [0.25, 0.3) is 0 Å². The van der Waals surface area contributed by atoms with Gasteiger partial charge >= 0.3 is 5.97 Å². The fraction of sp³-hybridized carbons (Fsp3) is 0.500. The molecule has 1 saturated heterocycles. The number of esters is 1. The van der Waals surface area contributed by atoms with Gasteiger partial charge in [-0.25, -0.2) is 9.78 Å². The maximum absolute atomic E-state index is 11.6. The number of aryl methyl sites for hydroxylation is 1. The Labute approximate surface area is 109 Å². The molecule has 0 saturated carbocycles. The minimum Gasteiger partial charge on any atom is -0.467 e. The second-order valence-electron chi connectivity index (χ2n) is 4.11. The molecule has 1 aliphatic rings. The summed E-state index contributed by atoms with van der Waals surface area (Å²) in [5.41, 5.74) is 0.929. The summed E-state index contributed by atoms with van der Waals surface area (Å²) in [7, 11) is 1.43. The lowest BCUT2D eigenvalue weighted by molar-refractivity contribution is -0.141. The molecule has 1 aliphatic heterocycles. The highest BCUT2D eigenvalue weighted by Crippen LogP contribution is 2.26. The molecule has 0 amide bonds.